The van der Waals surface area contributed by atoms with Crippen molar-refractivity contribution >= 4 is 16.9 Å². The van der Waals surface area contributed by atoms with Crippen LogP contribution in [0.1, 0.15) is 10.4 Å². The quantitative estimate of drug-likeness (QED) is 0.556. The number of fused-ring (bicyclic) bond motifs is 1. The number of carbonyl (C=O) groups is 1. The number of amides is 1. The molecule has 1 N–H and O–H groups in total. The number of para-hydroxylation sites is 2. The van der Waals surface area contributed by atoms with E-state index in [1.54, 1.807) is 12.1 Å². The lowest BCUT2D eigenvalue weighted by molar-refractivity contribution is 0.0537. The van der Waals surface area contributed by atoms with E-state index in [2.05, 4.69) is 10.3 Å². The maximum absolute atomic E-state index is 11.9. The molecule has 0 spiro atoms. The number of rotatable bonds is 4. The topological polar surface area (TPSA) is 64.1 Å². The highest BCUT2D eigenvalue weighted by Gasteiger charge is 2.14. The summed E-state index contributed by atoms with van der Waals surface area (Å²) in [5.74, 6) is -0.295. The molecule has 132 valence electrons. The van der Waals surface area contributed by atoms with Crippen molar-refractivity contribution in [3.63, 3.8) is 0 Å². The molecule has 0 radical (unpaired) electrons. The zero-order valence-corrected chi connectivity index (χ0v) is 14.7. The van der Waals surface area contributed by atoms with Crippen molar-refractivity contribution in [1.29, 1.82) is 0 Å². The smallest absolute Gasteiger partial charge is 0.274 e. The van der Waals surface area contributed by atoms with Gasteiger partial charge in [0.15, 0.2) is 0 Å². The van der Waals surface area contributed by atoms with Crippen LogP contribution < -0.4 is 5.48 Å². The average Bonchev–Trinajstić information content (AvgIpc) is 2.74. The third-order valence-corrected chi connectivity index (χ3v) is 4.23. The lowest BCUT2D eigenvalue weighted by atomic mass is 10.0. The van der Waals surface area contributed by atoms with E-state index in [4.69, 9.17) is 9.97 Å². The Morgan fingerprint density at radius 1 is 0.741 bits per heavy atom. The van der Waals surface area contributed by atoms with Crippen LogP contribution in [0, 0.1) is 0 Å². The number of carbonyl (C=O) groups excluding carboxylic acids is 1. The summed E-state index contributed by atoms with van der Waals surface area (Å²) >= 11 is 0. The number of hydrogen-bond acceptors (Lipinski definition) is 4. The Balaban J connectivity index is 1.86. The van der Waals surface area contributed by atoms with Gasteiger partial charge in [-0.1, -0.05) is 54.6 Å². The van der Waals surface area contributed by atoms with E-state index in [9.17, 15) is 4.79 Å². The highest BCUT2D eigenvalue weighted by atomic mass is 16.6. The van der Waals surface area contributed by atoms with Crippen LogP contribution in [0.5, 0.6) is 0 Å². The molecule has 0 aliphatic carbocycles. The van der Waals surface area contributed by atoms with E-state index in [1.807, 2.05) is 66.7 Å². The van der Waals surface area contributed by atoms with Gasteiger partial charge < -0.3 is 0 Å². The van der Waals surface area contributed by atoms with Gasteiger partial charge in [0.1, 0.15) is 0 Å². The molecule has 0 saturated carbocycles. The number of benzene rings is 3. The molecular weight excluding hydrogens is 338 g/mol. The standard InChI is InChI=1S/C22H17N3O2/c1-27-25-22(26)17-13-11-16(12-14-17)21-20(15-7-3-2-4-8-15)23-18-9-5-6-10-19(18)24-21/h2-14H,1H3,(H,25,26). The highest BCUT2D eigenvalue weighted by molar-refractivity contribution is 5.94. The number of nitrogens with zero attached hydrogens (tertiary/aromatic N) is 2. The van der Waals surface area contributed by atoms with Gasteiger partial charge in [-0.25, -0.2) is 15.4 Å². The van der Waals surface area contributed by atoms with E-state index in [-0.39, 0.29) is 5.91 Å². The van der Waals surface area contributed by atoms with Gasteiger partial charge in [0, 0.05) is 16.7 Å². The fourth-order valence-corrected chi connectivity index (χ4v) is 2.93. The van der Waals surface area contributed by atoms with Gasteiger partial charge in [0.05, 0.1) is 29.5 Å². The lowest BCUT2D eigenvalue weighted by Gasteiger charge is -2.11. The molecule has 0 bridgehead atoms. The Labute approximate surface area is 156 Å². The van der Waals surface area contributed by atoms with Gasteiger partial charge in [0.2, 0.25) is 0 Å². The van der Waals surface area contributed by atoms with E-state index in [0.29, 0.717) is 5.56 Å². The zero-order chi connectivity index (χ0) is 18.6. The summed E-state index contributed by atoms with van der Waals surface area (Å²) in [5.41, 5.74) is 7.96. The molecule has 0 atom stereocenters. The minimum Gasteiger partial charge on any atom is -0.277 e. The fourth-order valence-electron chi connectivity index (χ4n) is 2.93. The van der Waals surface area contributed by atoms with Crippen molar-refractivity contribution in [3.8, 4) is 22.5 Å². The highest BCUT2D eigenvalue weighted by Crippen LogP contribution is 2.31. The summed E-state index contributed by atoms with van der Waals surface area (Å²) in [6.45, 7) is 0. The van der Waals surface area contributed by atoms with Crippen molar-refractivity contribution in [1.82, 2.24) is 15.4 Å². The Kier molecular flexibility index (Phi) is 4.60. The summed E-state index contributed by atoms with van der Waals surface area (Å²) in [5, 5.41) is 0. The van der Waals surface area contributed by atoms with Crippen molar-refractivity contribution in [2.24, 2.45) is 0 Å². The predicted molar refractivity (Wildman–Crippen MR) is 105 cm³/mol. The first-order valence-corrected chi connectivity index (χ1v) is 8.52. The molecule has 5 nitrogen and oxygen atoms in total. The van der Waals surface area contributed by atoms with Crippen LogP contribution in [0.4, 0.5) is 0 Å². The molecule has 4 aromatic rings. The Morgan fingerprint density at radius 3 is 1.81 bits per heavy atom. The molecule has 0 fully saturated rings. The van der Waals surface area contributed by atoms with E-state index in [1.165, 1.54) is 7.11 Å². The normalized spacial score (nSPS) is 10.7. The maximum atomic E-state index is 11.9. The van der Waals surface area contributed by atoms with Gasteiger partial charge in [-0.3, -0.25) is 9.63 Å². The first-order valence-electron chi connectivity index (χ1n) is 8.52. The van der Waals surface area contributed by atoms with Gasteiger partial charge in [0.25, 0.3) is 5.91 Å². The van der Waals surface area contributed by atoms with E-state index < -0.39 is 0 Å². The molecule has 1 aromatic heterocycles. The molecule has 1 heterocycles. The maximum Gasteiger partial charge on any atom is 0.274 e. The number of aromatic nitrogens is 2. The largest absolute Gasteiger partial charge is 0.277 e. The second kappa shape index (κ2) is 7.35. The molecule has 27 heavy (non-hydrogen) atoms. The summed E-state index contributed by atoms with van der Waals surface area (Å²) in [7, 11) is 1.41. The van der Waals surface area contributed by atoms with Gasteiger partial charge in [-0.15, -0.1) is 0 Å². The fraction of sp³-hybridized carbons (Fsp3) is 0.0455. The summed E-state index contributed by atoms with van der Waals surface area (Å²) in [4.78, 5) is 26.3. The number of hydrogen-bond donors (Lipinski definition) is 1. The van der Waals surface area contributed by atoms with Crippen LogP contribution in [0.3, 0.4) is 0 Å². The molecule has 0 saturated heterocycles. The molecule has 0 aliphatic rings. The monoisotopic (exact) mass is 355 g/mol. The second-order valence-corrected chi connectivity index (χ2v) is 5.99. The van der Waals surface area contributed by atoms with Crippen LogP contribution >= 0.6 is 0 Å². The molecule has 1 amide bonds. The van der Waals surface area contributed by atoms with Gasteiger partial charge in [-0.2, -0.15) is 0 Å². The zero-order valence-electron chi connectivity index (χ0n) is 14.7. The van der Waals surface area contributed by atoms with Crippen LogP contribution in [0.15, 0.2) is 78.9 Å². The molecule has 0 aliphatic heterocycles. The Morgan fingerprint density at radius 2 is 1.26 bits per heavy atom. The number of nitrogens with one attached hydrogen (secondary N) is 1. The Bertz CT molecular complexity index is 1090. The first-order chi connectivity index (χ1) is 13.3. The Hall–Kier alpha value is -3.57. The molecule has 3 aromatic carbocycles. The predicted octanol–water partition coefficient (Wildman–Crippen LogP) is 4.26. The number of hydroxylamine groups is 1. The second-order valence-electron chi connectivity index (χ2n) is 5.99. The van der Waals surface area contributed by atoms with Crippen molar-refractivity contribution in [3.05, 3.63) is 84.4 Å². The summed E-state index contributed by atoms with van der Waals surface area (Å²) < 4.78 is 0. The van der Waals surface area contributed by atoms with Gasteiger partial charge >= 0.3 is 0 Å². The molecule has 0 unspecified atom stereocenters. The molecular formula is C22H17N3O2. The average molecular weight is 355 g/mol. The lowest BCUT2D eigenvalue weighted by Crippen LogP contribution is -2.21. The van der Waals surface area contributed by atoms with Crippen LogP contribution in [-0.4, -0.2) is 23.0 Å². The van der Waals surface area contributed by atoms with Crippen LogP contribution in [0.25, 0.3) is 33.5 Å². The summed E-state index contributed by atoms with van der Waals surface area (Å²) in [6.07, 6.45) is 0. The van der Waals surface area contributed by atoms with Crippen LogP contribution in [-0.2, 0) is 4.84 Å². The van der Waals surface area contributed by atoms with Crippen LogP contribution in [0.2, 0.25) is 0 Å². The third-order valence-electron chi connectivity index (χ3n) is 4.23. The third kappa shape index (κ3) is 3.41. The summed E-state index contributed by atoms with van der Waals surface area (Å²) in [6, 6.07) is 25.0. The van der Waals surface area contributed by atoms with Gasteiger partial charge in [-0.05, 0) is 24.3 Å². The van der Waals surface area contributed by atoms with Crippen molar-refractivity contribution < 1.29 is 9.63 Å². The van der Waals surface area contributed by atoms with E-state index >= 15 is 0 Å². The molecule has 5 heteroatoms. The SMILES string of the molecule is CONC(=O)c1ccc(-c2nc3ccccc3nc2-c2ccccc2)cc1. The first kappa shape index (κ1) is 16.9. The van der Waals surface area contributed by atoms with Crippen molar-refractivity contribution in [2.75, 3.05) is 7.11 Å². The minimum absolute atomic E-state index is 0.295. The minimum atomic E-state index is -0.295. The van der Waals surface area contributed by atoms with Crippen molar-refractivity contribution in [2.45, 2.75) is 0 Å². The molecule has 4 rings (SSSR count). The van der Waals surface area contributed by atoms with E-state index in [0.717, 1.165) is 33.5 Å².